The van der Waals surface area contributed by atoms with Gasteiger partial charge >= 0.3 is 6.09 Å². The number of nitrogens with one attached hydrogen (secondary N) is 2. The lowest BCUT2D eigenvalue weighted by atomic mass is 10.0. The minimum Gasteiger partial charge on any atom is -0.444 e. The second-order valence-electron chi connectivity index (χ2n) is 9.66. The molecule has 1 aromatic carbocycles. The number of benzene rings is 1. The molecule has 4 rings (SSSR count). The fourth-order valence-electron chi connectivity index (χ4n) is 4.41. The number of aryl methyl sites for hydroxylation is 2. The van der Waals surface area contributed by atoms with Gasteiger partial charge in [0, 0.05) is 29.2 Å². The molecule has 1 aliphatic carbocycles. The first-order valence-electron chi connectivity index (χ1n) is 11.3. The fraction of sp³-hybridized carbons (Fsp3) is 0.458. The van der Waals surface area contributed by atoms with Gasteiger partial charge in [0.05, 0.1) is 16.1 Å². The molecule has 1 fully saturated rings. The molecule has 3 aromatic rings. The van der Waals surface area contributed by atoms with Crippen molar-refractivity contribution >= 4 is 27.0 Å². The highest BCUT2D eigenvalue weighted by molar-refractivity contribution is 7.89. The topological polar surface area (TPSA) is 123 Å². The molecule has 182 valence electrons. The molecule has 1 amide bonds. The van der Waals surface area contributed by atoms with Crippen molar-refractivity contribution in [3.05, 3.63) is 41.9 Å². The summed E-state index contributed by atoms with van der Waals surface area (Å²) in [6, 6.07) is 6.10. The van der Waals surface area contributed by atoms with E-state index in [1.54, 1.807) is 52.1 Å². The quantitative estimate of drug-likeness (QED) is 0.553. The summed E-state index contributed by atoms with van der Waals surface area (Å²) in [5.41, 5.74) is 1.99. The van der Waals surface area contributed by atoms with Gasteiger partial charge in [0.25, 0.3) is 0 Å². The van der Waals surface area contributed by atoms with Crippen molar-refractivity contribution in [2.24, 2.45) is 0 Å². The molecule has 0 saturated heterocycles. The molecule has 1 aliphatic rings. The molecule has 0 bridgehead atoms. The molecule has 2 heterocycles. The van der Waals surface area contributed by atoms with Gasteiger partial charge in [0.2, 0.25) is 10.0 Å². The molecule has 2 aromatic heterocycles. The van der Waals surface area contributed by atoms with Crippen LogP contribution in [0.2, 0.25) is 0 Å². The average molecular weight is 487 g/mol. The maximum Gasteiger partial charge on any atom is 0.407 e. The van der Waals surface area contributed by atoms with Crippen LogP contribution in [0.5, 0.6) is 0 Å². The summed E-state index contributed by atoms with van der Waals surface area (Å²) in [6.45, 7) is 8.95. The largest absolute Gasteiger partial charge is 0.444 e. The first-order valence-corrected chi connectivity index (χ1v) is 12.8. The lowest BCUT2D eigenvalue weighted by Gasteiger charge is -2.25. The normalized spacial score (nSPS) is 18.9. The first-order chi connectivity index (χ1) is 15.9. The molecule has 34 heavy (non-hydrogen) atoms. The van der Waals surface area contributed by atoms with Crippen LogP contribution in [0.1, 0.15) is 51.5 Å². The van der Waals surface area contributed by atoms with E-state index < -0.39 is 27.8 Å². The number of amides is 1. The summed E-state index contributed by atoms with van der Waals surface area (Å²) in [7, 11) is -3.95. The first kappa shape index (κ1) is 24.2. The maximum absolute atomic E-state index is 13.6. The summed E-state index contributed by atoms with van der Waals surface area (Å²) >= 11 is 0. The smallest absolute Gasteiger partial charge is 0.407 e. The Bertz CT molecular complexity index is 1310. The molecule has 10 heteroatoms. The summed E-state index contributed by atoms with van der Waals surface area (Å²) in [4.78, 5) is 16.8. The minimum absolute atomic E-state index is 0.121. The third-order valence-electron chi connectivity index (χ3n) is 5.82. The maximum atomic E-state index is 13.6. The molecule has 0 aliphatic heterocycles. The number of rotatable bonds is 5. The van der Waals surface area contributed by atoms with Crippen molar-refractivity contribution in [3.63, 3.8) is 0 Å². The SMILES string of the molecule is Cc1noc(C)c1-c1cc(S(=O)(=O)N[C@@H]2CCCC2NC(=O)OC(C)(C)C)c2cccnc2c1. The van der Waals surface area contributed by atoms with E-state index in [4.69, 9.17) is 9.26 Å². The molecular formula is C24H30N4O5S. The number of sulfonamides is 1. The second kappa shape index (κ2) is 8.99. The highest BCUT2D eigenvalue weighted by Gasteiger charge is 2.34. The van der Waals surface area contributed by atoms with Crippen molar-refractivity contribution < 1.29 is 22.5 Å². The Morgan fingerprint density at radius 2 is 1.91 bits per heavy atom. The van der Waals surface area contributed by atoms with E-state index in [0.29, 0.717) is 40.8 Å². The highest BCUT2D eigenvalue weighted by Crippen LogP contribution is 2.33. The molecule has 0 spiro atoms. The highest BCUT2D eigenvalue weighted by atomic mass is 32.2. The van der Waals surface area contributed by atoms with Crippen LogP contribution in [0, 0.1) is 13.8 Å². The number of pyridine rings is 1. The lowest BCUT2D eigenvalue weighted by Crippen LogP contribution is -2.49. The van der Waals surface area contributed by atoms with E-state index in [0.717, 1.165) is 12.0 Å². The van der Waals surface area contributed by atoms with Crippen LogP contribution in [0.4, 0.5) is 4.79 Å². The van der Waals surface area contributed by atoms with Crippen molar-refractivity contribution in [1.82, 2.24) is 20.2 Å². The summed E-state index contributed by atoms with van der Waals surface area (Å²) < 4.78 is 40.7. The van der Waals surface area contributed by atoms with Gasteiger partial charge < -0.3 is 14.6 Å². The van der Waals surface area contributed by atoms with Crippen molar-refractivity contribution in [2.75, 3.05) is 0 Å². The average Bonchev–Trinajstić information content (AvgIpc) is 3.30. The van der Waals surface area contributed by atoms with Gasteiger partial charge in [-0.05, 0) is 83.7 Å². The molecule has 1 saturated carbocycles. The van der Waals surface area contributed by atoms with E-state index in [2.05, 4.69) is 20.2 Å². The van der Waals surface area contributed by atoms with Gasteiger partial charge in [0.1, 0.15) is 11.4 Å². The molecule has 2 atom stereocenters. The van der Waals surface area contributed by atoms with Crippen LogP contribution >= 0.6 is 0 Å². The monoisotopic (exact) mass is 486 g/mol. The zero-order valence-corrected chi connectivity index (χ0v) is 20.8. The van der Waals surface area contributed by atoms with Gasteiger partial charge in [-0.3, -0.25) is 4.98 Å². The third-order valence-corrected chi connectivity index (χ3v) is 7.35. The molecule has 0 radical (unpaired) electrons. The van der Waals surface area contributed by atoms with E-state index >= 15 is 0 Å². The van der Waals surface area contributed by atoms with Crippen molar-refractivity contribution in [3.8, 4) is 11.1 Å². The van der Waals surface area contributed by atoms with Gasteiger partial charge in [-0.1, -0.05) is 5.16 Å². The third kappa shape index (κ3) is 5.07. The van der Waals surface area contributed by atoms with Crippen LogP contribution in [-0.2, 0) is 14.8 Å². The number of hydrogen-bond donors (Lipinski definition) is 2. The Hall–Kier alpha value is -2.98. The van der Waals surface area contributed by atoms with E-state index in [-0.39, 0.29) is 10.9 Å². The summed E-state index contributed by atoms with van der Waals surface area (Å²) in [6.07, 6.45) is 3.13. The minimum atomic E-state index is -3.95. The number of alkyl carbamates (subject to hydrolysis) is 1. The Kier molecular flexibility index (Phi) is 6.39. The number of aromatic nitrogens is 2. The van der Waals surface area contributed by atoms with Gasteiger partial charge in [-0.2, -0.15) is 0 Å². The molecule has 1 unspecified atom stereocenters. The van der Waals surface area contributed by atoms with Crippen LogP contribution in [0.3, 0.4) is 0 Å². The Balaban J connectivity index is 1.67. The second-order valence-corrected chi connectivity index (χ2v) is 11.3. The van der Waals surface area contributed by atoms with Gasteiger partial charge in [-0.25, -0.2) is 17.9 Å². The van der Waals surface area contributed by atoms with Gasteiger partial charge in [-0.15, -0.1) is 0 Å². The van der Waals surface area contributed by atoms with Crippen molar-refractivity contribution in [1.29, 1.82) is 0 Å². The zero-order chi connectivity index (χ0) is 24.7. The standard InChI is InChI=1S/C24H30N4O5S/c1-14-22(15(2)33-27-14)16-12-20-17(8-7-11-25-20)21(13-16)34(30,31)28-19-10-6-9-18(19)26-23(29)32-24(3,4)5/h7-8,11-13,18-19,28H,6,9-10H2,1-5H3,(H,26,29)/t18?,19-/m1/s1. The van der Waals surface area contributed by atoms with Crippen LogP contribution < -0.4 is 10.0 Å². The zero-order valence-electron chi connectivity index (χ0n) is 20.0. The number of ether oxygens (including phenoxy) is 1. The van der Waals surface area contributed by atoms with Crippen LogP contribution in [0.25, 0.3) is 22.0 Å². The Morgan fingerprint density at radius 1 is 1.18 bits per heavy atom. The number of hydrogen-bond acceptors (Lipinski definition) is 7. The number of nitrogens with zero attached hydrogens (tertiary/aromatic N) is 2. The predicted octanol–water partition coefficient (Wildman–Crippen LogP) is 4.23. The Labute approximate surface area is 199 Å². The number of carbonyl (C=O) groups excluding carboxylic acids is 1. The molecular weight excluding hydrogens is 456 g/mol. The van der Waals surface area contributed by atoms with E-state index in [9.17, 15) is 13.2 Å². The van der Waals surface area contributed by atoms with Crippen LogP contribution in [-0.4, -0.2) is 42.3 Å². The molecule has 2 N–H and O–H groups in total. The predicted molar refractivity (Wildman–Crippen MR) is 128 cm³/mol. The van der Waals surface area contributed by atoms with E-state index in [1.807, 2.05) is 13.0 Å². The van der Waals surface area contributed by atoms with Crippen LogP contribution in [0.15, 0.2) is 39.9 Å². The van der Waals surface area contributed by atoms with Gasteiger partial charge in [0.15, 0.2) is 0 Å². The van der Waals surface area contributed by atoms with E-state index in [1.165, 1.54) is 0 Å². The number of carbonyl (C=O) groups is 1. The Morgan fingerprint density at radius 3 is 2.59 bits per heavy atom. The summed E-state index contributed by atoms with van der Waals surface area (Å²) in [5.74, 6) is 0.599. The number of fused-ring (bicyclic) bond motifs is 1. The lowest BCUT2D eigenvalue weighted by molar-refractivity contribution is 0.0500. The van der Waals surface area contributed by atoms with Crippen molar-refractivity contribution in [2.45, 2.75) is 76.5 Å². The summed E-state index contributed by atoms with van der Waals surface area (Å²) in [5, 5.41) is 7.34. The molecule has 9 nitrogen and oxygen atoms in total. The fourth-order valence-corrected chi connectivity index (χ4v) is 5.96.